The van der Waals surface area contributed by atoms with Gasteiger partial charge in [-0.3, -0.25) is 0 Å². The van der Waals surface area contributed by atoms with Crippen LogP contribution in [0.25, 0.3) is 11.3 Å². The first kappa shape index (κ1) is 12.3. The van der Waals surface area contributed by atoms with E-state index in [1.165, 1.54) is 13.2 Å². The lowest BCUT2D eigenvalue weighted by atomic mass is 10.1. The Labute approximate surface area is 105 Å². The summed E-state index contributed by atoms with van der Waals surface area (Å²) in [6.07, 6.45) is 0. The van der Waals surface area contributed by atoms with Gasteiger partial charge in [0.2, 0.25) is 5.95 Å². The highest BCUT2D eigenvalue weighted by Crippen LogP contribution is 2.25. The van der Waals surface area contributed by atoms with Crippen LogP contribution in [-0.2, 0) is 0 Å². The van der Waals surface area contributed by atoms with E-state index in [4.69, 9.17) is 4.74 Å². The van der Waals surface area contributed by atoms with E-state index in [1.807, 2.05) is 13.0 Å². The third kappa shape index (κ3) is 2.40. The number of aromatic nitrogens is 2. The smallest absolute Gasteiger partial charge is 0.223 e. The van der Waals surface area contributed by atoms with Gasteiger partial charge in [-0.05, 0) is 31.2 Å². The molecule has 0 spiro atoms. The molecule has 94 valence electrons. The summed E-state index contributed by atoms with van der Waals surface area (Å²) >= 11 is 0. The van der Waals surface area contributed by atoms with Crippen molar-refractivity contribution in [3.05, 3.63) is 35.8 Å². The van der Waals surface area contributed by atoms with Crippen LogP contribution in [0.4, 0.5) is 10.3 Å². The van der Waals surface area contributed by atoms with Gasteiger partial charge in [0.05, 0.1) is 12.8 Å². The van der Waals surface area contributed by atoms with Crippen molar-refractivity contribution in [1.29, 1.82) is 0 Å². The number of ether oxygens (including phenoxy) is 1. The van der Waals surface area contributed by atoms with E-state index in [0.717, 1.165) is 5.69 Å². The molecule has 0 fully saturated rings. The molecule has 0 atom stereocenters. The Kier molecular flexibility index (Phi) is 3.41. The van der Waals surface area contributed by atoms with Crippen LogP contribution < -0.4 is 10.1 Å². The van der Waals surface area contributed by atoms with Gasteiger partial charge in [0.25, 0.3) is 0 Å². The van der Waals surface area contributed by atoms with E-state index in [-0.39, 0.29) is 5.75 Å². The first-order valence-corrected chi connectivity index (χ1v) is 5.51. The van der Waals surface area contributed by atoms with Crippen molar-refractivity contribution in [1.82, 2.24) is 9.97 Å². The molecule has 18 heavy (non-hydrogen) atoms. The van der Waals surface area contributed by atoms with Gasteiger partial charge in [0, 0.05) is 18.3 Å². The van der Waals surface area contributed by atoms with Crippen molar-refractivity contribution in [3.63, 3.8) is 0 Å². The minimum Gasteiger partial charge on any atom is -0.494 e. The van der Waals surface area contributed by atoms with Crippen molar-refractivity contribution in [2.75, 3.05) is 19.5 Å². The molecule has 0 aliphatic heterocycles. The van der Waals surface area contributed by atoms with E-state index in [2.05, 4.69) is 15.3 Å². The molecule has 0 amide bonds. The van der Waals surface area contributed by atoms with E-state index >= 15 is 0 Å². The highest BCUT2D eigenvalue weighted by atomic mass is 19.1. The first-order valence-electron chi connectivity index (χ1n) is 5.51. The summed E-state index contributed by atoms with van der Waals surface area (Å²) in [6.45, 7) is 1.87. The van der Waals surface area contributed by atoms with Crippen LogP contribution in [0.15, 0.2) is 24.3 Å². The average Bonchev–Trinajstić information content (AvgIpc) is 2.37. The Morgan fingerprint density at radius 1 is 1.22 bits per heavy atom. The number of anilines is 1. The minimum absolute atomic E-state index is 0.221. The highest BCUT2D eigenvalue weighted by molar-refractivity contribution is 5.62. The molecule has 0 saturated heterocycles. The van der Waals surface area contributed by atoms with E-state index in [0.29, 0.717) is 17.2 Å². The molecule has 2 rings (SSSR count). The van der Waals surface area contributed by atoms with Crippen LogP contribution in [0.1, 0.15) is 5.69 Å². The van der Waals surface area contributed by atoms with Crippen molar-refractivity contribution >= 4 is 5.95 Å². The maximum absolute atomic E-state index is 13.6. The lowest BCUT2D eigenvalue weighted by Gasteiger charge is -2.07. The summed E-state index contributed by atoms with van der Waals surface area (Å²) in [7, 11) is 3.18. The number of halogens is 1. The molecule has 0 radical (unpaired) electrons. The van der Waals surface area contributed by atoms with Gasteiger partial charge in [-0.1, -0.05) is 0 Å². The van der Waals surface area contributed by atoms with Gasteiger partial charge in [-0.25, -0.2) is 14.4 Å². The van der Waals surface area contributed by atoms with Gasteiger partial charge >= 0.3 is 0 Å². The number of rotatable bonds is 3. The third-order valence-corrected chi connectivity index (χ3v) is 2.53. The molecule has 0 saturated carbocycles. The fourth-order valence-corrected chi connectivity index (χ4v) is 1.65. The molecule has 0 aliphatic carbocycles. The normalized spacial score (nSPS) is 10.2. The van der Waals surface area contributed by atoms with Crippen LogP contribution in [0.5, 0.6) is 5.75 Å². The molecule has 4 nitrogen and oxygen atoms in total. The Bertz CT molecular complexity index is 572. The predicted molar refractivity (Wildman–Crippen MR) is 68.3 cm³/mol. The lowest BCUT2D eigenvalue weighted by molar-refractivity contribution is 0.386. The number of hydrogen-bond acceptors (Lipinski definition) is 4. The molecule has 0 bridgehead atoms. The molecular weight excluding hydrogens is 233 g/mol. The molecule has 1 aromatic carbocycles. The van der Waals surface area contributed by atoms with E-state index in [9.17, 15) is 4.39 Å². The van der Waals surface area contributed by atoms with Gasteiger partial charge in [-0.2, -0.15) is 0 Å². The second-order valence-electron chi connectivity index (χ2n) is 3.82. The number of hydrogen-bond donors (Lipinski definition) is 1. The van der Waals surface area contributed by atoms with Crippen LogP contribution >= 0.6 is 0 Å². The molecule has 1 N–H and O–H groups in total. The second kappa shape index (κ2) is 5.00. The van der Waals surface area contributed by atoms with Crippen LogP contribution in [0.3, 0.4) is 0 Å². The van der Waals surface area contributed by atoms with Crippen LogP contribution in [0.2, 0.25) is 0 Å². The van der Waals surface area contributed by atoms with Crippen molar-refractivity contribution < 1.29 is 9.13 Å². The predicted octanol–water partition coefficient (Wildman–Crippen LogP) is 2.64. The molecular formula is C13H14FN3O. The summed E-state index contributed by atoms with van der Waals surface area (Å²) in [5.41, 5.74) is 2.18. The zero-order valence-corrected chi connectivity index (χ0v) is 10.5. The summed E-state index contributed by atoms with van der Waals surface area (Å²) in [5.74, 6) is 0.330. The minimum atomic E-state index is -0.405. The second-order valence-corrected chi connectivity index (χ2v) is 3.82. The van der Waals surface area contributed by atoms with Gasteiger partial charge in [-0.15, -0.1) is 0 Å². The number of nitrogens with one attached hydrogen (secondary N) is 1. The highest BCUT2D eigenvalue weighted by Gasteiger charge is 2.08. The Hall–Kier alpha value is -2.17. The number of nitrogens with zero attached hydrogens (tertiary/aromatic N) is 2. The summed E-state index contributed by atoms with van der Waals surface area (Å²) in [5, 5.41) is 2.87. The fraction of sp³-hybridized carbons (Fsp3) is 0.231. The van der Waals surface area contributed by atoms with Crippen molar-refractivity contribution in [3.8, 4) is 17.0 Å². The standard InChI is InChI=1S/C13H14FN3O/c1-8-6-11(17-13(15-2)16-8)9-4-5-12(18-3)10(14)7-9/h4-7H,1-3H3,(H,15,16,17). The monoisotopic (exact) mass is 247 g/mol. The summed E-state index contributed by atoms with van der Waals surface area (Å²) in [4.78, 5) is 8.48. The van der Waals surface area contributed by atoms with Crippen molar-refractivity contribution in [2.24, 2.45) is 0 Å². The SMILES string of the molecule is CNc1nc(C)cc(-c2ccc(OC)c(F)c2)n1. The zero-order valence-electron chi connectivity index (χ0n) is 10.5. The zero-order chi connectivity index (χ0) is 13.1. The quantitative estimate of drug-likeness (QED) is 0.905. The molecule has 1 aromatic heterocycles. The topological polar surface area (TPSA) is 47.0 Å². The molecule has 0 unspecified atom stereocenters. The lowest BCUT2D eigenvalue weighted by Crippen LogP contribution is -1.99. The van der Waals surface area contributed by atoms with Crippen LogP contribution in [-0.4, -0.2) is 24.1 Å². The fourth-order valence-electron chi connectivity index (χ4n) is 1.65. The average molecular weight is 247 g/mol. The first-order chi connectivity index (χ1) is 8.63. The Morgan fingerprint density at radius 3 is 2.61 bits per heavy atom. The number of aryl methyl sites for hydroxylation is 1. The molecule has 1 heterocycles. The third-order valence-electron chi connectivity index (χ3n) is 2.53. The summed E-state index contributed by atoms with van der Waals surface area (Å²) < 4.78 is 18.5. The van der Waals surface area contributed by atoms with E-state index in [1.54, 1.807) is 19.2 Å². The van der Waals surface area contributed by atoms with Gasteiger partial charge in [0.15, 0.2) is 11.6 Å². The maximum atomic E-state index is 13.6. The summed E-state index contributed by atoms with van der Waals surface area (Å²) in [6, 6.07) is 6.56. The number of methoxy groups -OCH3 is 1. The Balaban J connectivity index is 2.48. The molecule has 0 aliphatic rings. The maximum Gasteiger partial charge on any atom is 0.223 e. The van der Waals surface area contributed by atoms with Gasteiger partial charge < -0.3 is 10.1 Å². The van der Waals surface area contributed by atoms with Crippen LogP contribution in [0, 0.1) is 12.7 Å². The van der Waals surface area contributed by atoms with E-state index < -0.39 is 5.82 Å². The molecule has 2 aromatic rings. The largest absolute Gasteiger partial charge is 0.494 e. The Morgan fingerprint density at radius 2 is 2.00 bits per heavy atom. The van der Waals surface area contributed by atoms with Crippen molar-refractivity contribution in [2.45, 2.75) is 6.92 Å². The molecule has 5 heteroatoms. The number of benzene rings is 1. The van der Waals surface area contributed by atoms with Gasteiger partial charge in [0.1, 0.15) is 0 Å².